The van der Waals surface area contributed by atoms with E-state index in [4.69, 9.17) is 4.52 Å². The van der Waals surface area contributed by atoms with Crippen molar-refractivity contribution in [2.24, 2.45) is 0 Å². The van der Waals surface area contributed by atoms with Crippen molar-refractivity contribution in [1.82, 2.24) is 29.6 Å². The predicted molar refractivity (Wildman–Crippen MR) is 113 cm³/mol. The molecule has 9 nitrogen and oxygen atoms in total. The van der Waals surface area contributed by atoms with Gasteiger partial charge in [-0.25, -0.2) is 21.9 Å². The summed E-state index contributed by atoms with van der Waals surface area (Å²) in [4.78, 5) is 4.27. The molecule has 2 heterocycles. The minimum Gasteiger partial charge on any atom is -0.339 e. The molecule has 0 radical (unpaired) electrons. The van der Waals surface area contributed by atoms with E-state index in [2.05, 4.69) is 25.1 Å². The van der Waals surface area contributed by atoms with E-state index in [1.165, 1.54) is 0 Å². The molecule has 3 aromatic rings. The zero-order valence-electron chi connectivity index (χ0n) is 17.8. The van der Waals surface area contributed by atoms with E-state index < -0.39 is 22.9 Å². The minimum atomic E-state index is -3.75. The summed E-state index contributed by atoms with van der Waals surface area (Å²) in [5.74, 6) is 0.167. The second kappa shape index (κ2) is 8.90. The Morgan fingerprint density at radius 2 is 1.94 bits per heavy atom. The molecule has 2 saturated carbocycles. The highest BCUT2D eigenvalue weighted by molar-refractivity contribution is 7.89. The van der Waals surface area contributed by atoms with E-state index in [-0.39, 0.29) is 34.6 Å². The van der Waals surface area contributed by atoms with Crippen LogP contribution in [-0.4, -0.2) is 45.8 Å². The quantitative estimate of drug-likeness (QED) is 0.527. The molecule has 0 bridgehead atoms. The van der Waals surface area contributed by atoms with Gasteiger partial charge in [0.25, 0.3) is 0 Å². The van der Waals surface area contributed by atoms with Gasteiger partial charge in [-0.05, 0) is 68.2 Å². The third-order valence-electron chi connectivity index (χ3n) is 6.20. The molecule has 2 fully saturated rings. The summed E-state index contributed by atoms with van der Waals surface area (Å²) in [6.07, 6.45) is 5.22. The van der Waals surface area contributed by atoms with Crippen LogP contribution in [0.25, 0.3) is 11.4 Å². The molecule has 1 N–H and O–H groups in total. The van der Waals surface area contributed by atoms with Gasteiger partial charge in [0.05, 0.1) is 11.3 Å². The molecule has 2 atom stereocenters. The van der Waals surface area contributed by atoms with Crippen LogP contribution < -0.4 is 4.72 Å². The average Bonchev–Trinajstić information content (AvgIpc) is 3.28. The lowest BCUT2D eigenvalue weighted by atomic mass is 9.91. The van der Waals surface area contributed by atoms with Crippen LogP contribution in [0.15, 0.2) is 40.3 Å². The Kier molecular flexibility index (Phi) is 5.95. The molecular weight excluding hydrogens is 454 g/mol. The fourth-order valence-electron chi connectivity index (χ4n) is 4.45. The van der Waals surface area contributed by atoms with Gasteiger partial charge in [-0.15, -0.1) is 10.2 Å². The summed E-state index contributed by atoms with van der Waals surface area (Å²) in [7, 11) is -3.75. The van der Waals surface area contributed by atoms with Gasteiger partial charge >= 0.3 is 0 Å². The summed E-state index contributed by atoms with van der Waals surface area (Å²) < 4.78 is 61.6. The molecule has 176 valence electrons. The van der Waals surface area contributed by atoms with E-state index in [1.54, 1.807) is 30.9 Å². The van der Waals surface area contributed by atoms with Gasteiger partial charge in [-0.1, -0.05) is 5.16 Å². The Balaban J connectivity index is 1.37. The predicted octanol–water partition coefficient (Wildman–Crippen LogP) is 3.48. The number of nitrogens with one attached hydrogen (secondary N) is 1. The second-order valence-corrected chi connectivity index (χ2v) is 10.4. The Labute approximate surface area is 189 Å². The molecule has 0 aliphatic heterocycles. The third kappa shape index (κ3) is 4.96. The fourth-order valence-corrected chi connectivity index (χ4v) is 6.02. The highest BCUT2D eigenvalue weighted by atomic mass is 32.2. The maximum atomic E-state index is 13.3. The van der Waals surface area contributed by atoms with Crippen molar-refractivity contribution in [2.45, 2.75) is 74.3 Å². The first kappa shape index (κ1) is 22.1. The van der Waals surface area contributed by atoms with Crippen LogP contribution in [0.1, 0.15) is 61.9 Å². The van der Waals surface area contributed by atoms with E-state index in [0.29, 0.717) is 17.5 Å². The van der Waals surface area contributed by atoms with E-state index >= 15 is 0 Å². The van der Waals surface area contributed by atoms with Crippen molar-refractivity contribution in [3.05, 3.63) is 42.3 Å². The van der Waals surface area contributed by atoms with Crippen molar-refractivity contribution in [2.75, 3.05) is 0 Å². The zero-order valence-corrected chi connectivity index (χ0v) is 18.6. The van der Waals surface area contributed by atoms with Gasteiger partial charge in [0.15, 0.2) is 0 Å². The number of sulfonamides is 1. The molecule has 0 spiro atoms. The molecule has 1 aromatic carbocycles. The zero-order chi connectivity index (χ0) is 23.0. The lowest BCUT2D eigenvalue weighted by Crippen LogP contribution is -2.39. The first-order valence-electron chi connectivity index (χ1n) is 11.0. The molecule has 12 heteroatoms. The largest absolute Gasteiger partial charge is 0.339 e. The van der Waals surface area contributed by atoms with Crippen molar-refractivity contribution in [3.63, 3.8) is 0 Å². The minimum absolute atomic E-state index is 0.139. The SMILES string of the molecule is O=S(=O)(N[C@H]1CCC[C@@H](n2cnnc2)C1)c1ccc(-c2noc(CC(F)F)n2)cc1C1CC1. The van der Waals surface area contributed by atoms with Crippen LogP contribution in [0, 0.1) is 0 Å². The molecule has 33 heavy (non-hydrogen) atoms. The second-order valence-electron chi connectivity index (χ2n) is 8.68. The highest BCUT2D eigenvalue weighted by Crippen LogP contribution is 2.44. The number of benzene rings is 1. The molecule has 2 aliphatic rings. The summed E-state index contributed by atoms with van der Waals surface area (Å²) >= 11 is 0. The number of hydrogen-bond donors (Lipinski definition) is 1. The van der Waals surface area contributed by atoms with Gasteiger partial charge in [0, 0.05) is 17.6 Å². The van der Waals surface area contributed by atoms with Crippen LogP contribution in [0.4, 0.5) is 8.78 Å². The van der Waals surface area contributed by atoms with Crippen LogP contribution in [0.3, 0.4) is 0 Å². The average molecular weight is 479 g/mol. The Morgan fingerprint density at radius 3 is 2.67 bits per heavy atom. The summed E-state index contributed by atoms with van der Waals surface area (Å²) in [6.45, 7) is 0. The van der Waals surface area contributed by atoms with E-state index in [9.17, 15) is 17.2 Å². The highest BCUT2D eigenvalue weighted by Gasteiger charge is 2.33. The fraction of sp³-hybridized carbons (Fsp3) is 0.524. The van der Waals surface area contributed by atoms with Crippen molar-refractivity contribution >= 4 is 10.0 Å². The van der Waals surface area contributed by atoms with Crippen molar-refractivity contribution in [3.8, 4) is 11.4 Å². The van der Waals surface area contributed by atoms with Gasteiger partial charge in [-0.3, -0.25) is 0 Å². The molecular formula is C21H24F2N6O3S. The lowest BCUT2D eigenvalue weighted by molar-refractivity contribution is 0.136. The Hall–Kier alpha value is -2.73. The summed E-state index contributed by atoms with van der Waals surface area (Å²) in [6, 6.07) is 4.86. The first-order chi connectivity index (χ1) is 15.9. The smallest absolute Gasteiger partial charge is 0.247 e. The number of hydrogen-bond acceptors (Lipinski definition) is 7. The van der Waals surface area contributed by atoms with E-state index in [1.807, 2.05) is 4.57 Å². The standard InChI is InChI=1S/C21H24F2N6O3S/c22-19(23)10-20-26-21(27-32-20)14-6-7-18(17(8-14)13-4-5-13)33(30,31)28-15-2-1-3-16(9-15)29-11-24-25-12-29/h6-8,11-13,15-16,19,28H,1-5,9-10H2/t15-,16+/m0/s1. The number of alkyl halides is 2. The van der Waals surface area contributed by atoms with Crippen molar-refractivity contribution < 1.29 is 21.7 Å². The Morgan fingerprint density at radius 1 is 1.15 bits per heavy atom. The number of nitrogens with zero attached hydrogens (tertiary/aromatic N) is 5. The van der Waals surface area contributed by atoms with Gasteiger partial charge in [-0.2, -0.15) is 4.98 Å². The number of aromatic nitrogens is 5. The van der Waals surface area contributed by atoms with Crippen LogP contribution in [-0.2, 0) is 16.4 Å². The van der Waals surface area contributed by atoms with Crippen LogP contribution in [0.2, 0.25) is 0 Å². The molecule has 0 saturated heterocycles. The maximum absolute atomic E-state index is 13.3. The molecule has 0 amide bonds. The van der Waals surface area contributed by atoms with Gasteiger partial charge < -0.3 is 9.09 Å². The number of halogens is 2. The monoisotopic (exact) mass is 478 g/mol. The normalized spacial score (nSPS) is 21.5. The third-order valence-corrected chi connectivity index (χ3v) is 7.79. The first-order valence-corrected chi connectivity index (χ1v) is 12.5. The number of rotatable bonds is 8. The van der Waals surface area contributed by atoms with Crippen molar-refractivity contribution in [1.29, 1.82) is 0 Å². The lowest BCUT2D eigenvalue weighted by Gasteiger charge is -2.30. The maximum Gasteiger partial charge on any atom is 0.247 e. The topological polar surface area (TPSA) is 116 Å². The summed E-state index contributed by atoms with van der Waals surface area (Å²) in [5, 5.41) is 11.5. The van der Waals surface area contributed by atoms with E-state index in [0.717, 1.165) is 32.1 Å². The van der Waals surface area contributed by atoms with Crippen LogP contribution in [0.5, 0.6) is 0 Å². The van der Waals surface area contributed by atoms with Gasteiger partial charge in [0.2, 0.25) is 28.2 Å². The Bertz CT molecular complexity index is 1210. The molecule has 5 rings (SSSR count). The van der Waals surface area contributed by atoms with Crippen LogP contribution >= 0.6 is 0 Å². The molecule has 2 aliphatic carbocycles. The molecule has 0 unspecified atom stereocenters. The summed E-state index contributed by atoms with van der Waals surface area (Å²) in [5.41, 5.74) is 1.25. The molecule has 2 aromatic heterocycles. The van der Waals surface area contributed by atoms with Gasteiger partial charge in [0.1, 0.15) is 12.7 Å².